The fourth-order valence-corrected chi connectivity index (χ4v) is 3.09. The quantitative estimate of drug-likeness (QED) is 0.432. The van der Waals surface area contributed by atoms with E-state index >= 15 is 0 Å². The minimum atomic E-state index is -4.48. The third-order valence-electron chi connectivity index (χ3n) is 4.60. The van der Waals surface area contributed by atoms with Gasteiger partial charge in [-0.1, -0.05) is 12.1 Å². The van der Waals surface area contributed by atoms with Crippen LogP contribution in [0.5, 0.6) is 0 Å². The summed E-state index contributed by atoms with van der Waals surface area (Å²) < 4.78 is 38.6. The zero-order valence-corrected chi connectivity index (χ0v) is 16.8. The highest BCUT2D eigenvalue weighted by atomic mass is 19.4. The number of aromatic nitrogens is 4. The number of nitrogens with zero attached hydrogens (tertiary/aromatic N) is 4. The first-order valence-corrected chi connectivity index (χ1v) is 9.53. The second-order valence-corrected chi connectivity index (χ2v) is 6.84. The molecule has 0 radical (unpaired) electrons. The summed E-state index contributed by atoms with van der Waals surface area (Å²) in [5, 5.41) is 15.4. The largest absolute Gasteiger partial charge is 0.405 e. The molecule has 32 heavy (non-hydrogen) atoms. The van der Waals surface area contributed by atoms with E-state index in [1.807, 2.05) is 40.9 Å². The molecule has 11 heteroatoms. The molecule has 2 amide bonds. The molecular weight excluding hydrogens is 423 g/mol. The molecule has 3 aromatic heterocycles. The van der Waals surface area contributed by atoms with Gasteiger partial charge in [0.15, 0.2) is 0 Å². The molecule has 0 fully saturated rings. The molecule has 4 rings (SSSR count). The molecule has 0 saturated carbocycles. The number of nitrogens with one attached hydrogen (secondary N) is 3. The molecule has 3 N–H and O–H groups in total. The minimum Gasteiger partial charge on any atom is -0.372 e. The molecular formula is C21H18F3N7O. The van der Waals surface area contributed by atoms with E-state index in [2.05, 4.69) is 25.8 Å². The Bertz CT molecular complexity index is 1250. The van der Waals surface area contributed by atoms with E-state index in [1.165, 1.54) is 0 Å². The molecule has 164 valence electrons. The molecule has 1 aromatic carbocycles. The van der Waals surface area contributed by atoms with Gasteiger partial charge in [-0.05, 0) is 36.4 Å². The number of rotatable bonds is 5. The Morgan fingerprint density at radius 3 is 2.62 bits per heavy atom. The number of anilines is 2. The SMILES string of the molecule is CNc1ccc(-c2ccn3c(-c4cccc(NC(=O)NCC(F)(F)F)c4)cnc3c2)nn1. The van der Waals surface area contributed by atoms with Crippen molar-refractivity contribution in [1.29, 1.82) is 0 Å². The van der Waals surface area contributed by atoms with E-state index in [9.17, 15) is 18.0 Å². The zero-order valence-electron chi connectivity index (χ0n) is 16.8. The Kier molecular flexibility index (Phi) is 5.63. The lowest BCUT2D eigenvalue weighted by Crippen LogP contribution is -2.36. The van der Waals surface area contributed by atoms with Crippen LogP contribution in [-0.2, 0) is 0 Å². The van der Waals surface area contributed by atoms with Crippen molar-refractivity contribution in [2.24, 2.45) is 0 Å². The standard InChI is InChI=1S/C21H18F3N7O/c1-25-18-6-5-16(29-30-18)13-7-8-31-17(11-26-19(31)10-13)14-3-2-4-15(9-14)28-20(32)27-12-21(22,23)24/h2-11H,12H2,1H3,(H,25,30)(H2,27,28,32). The van der Waals surface area contributed by atoms with Gasteiger partial charge in [0.05, 0.1) is 17.6 Å². The van der Waals surface area contributed by atoms with Gasteiger partial charge >= 0.3 is 12.2 Å². The molecule has 4 aromatic rings. The monoisotopic (exact) mass is 441 g/mol. The first-order valence-electron chi connectivity index (χ1n) is 9.53. The van der Waals surface area contributed by atoms with E-state index in [4.69, 9.17) is 0 Å². The van der Waals surface area contributed by atoms with Crippen molar-refractivity contribution in [1.82, 2.24) is 24.9 Å². The minimum absolute atomic E-state index is 0.355. The van der Waals surface area contributed by atoms with Gasteiger partial charge in [0.25, 0.3) is 0 Å². The number of carbonyl (C=O) groups excluding carboxylic acids is 1. The van der Waals surface area contributed by atoms with Crippen LogP contribution in [0, 0.1) is 0 Å². The first-order chi connectivity index (χ1) is 15.3. The summed E-state index contributed by atoms with van der Waals surface area (Å²) in [6.07, 6.45) is -0.955. The third kappa shape index (κ3) is 4.77. The maximum atomic E-state index is 12.3. The lowest BCUT2D eigenvalue weighted by molar-refractivity contribution is -0.122. The lowest BCUT2D eigenvalue weighted by Gasteiger charge is -2.11. The fourth-order valence-electron chi connectivity index (χ4n) is 3.09. The first kappa shape index (κ1) is 21.1. The number of hydrogen-bond donors (Lipinski definition) is 3. The predicted octanol–water partition coefficient (Wildman–Crippen LogP) is 4.18. The van der Waals surface area contributed by atoms with Crippen molar-refractivity contribution in [3.8, 4) is 22.5 Å². The summed E-state index contributed by atoms with van der Waals surface area (Å²) in [6, 6.07) is 13.3. The normalized spacial score (nSPS) is 11.4. The number of halogens is 3. The summed E-state index contributed by atoms with van der Waals surface area (Å²) in [4.78, 5) is 16.2. The van der Waals surface area contributed by atoms with Crippen molar-refractivity contribution in [3.05, 3.63) is 60.9 Å². The van der Waals surface area contributed by atoms with E-state index in [0.29, 0.717) is 22.8 Å². The highest BCUT2D eigenvalue weighted by Gasteiger charge is 2.27. The van der Waals surface area contributed by atoms with Gasteiger partial charge in [-0.25, -0.2) is 9.78 Å². The van der Waals surface area contributed by atoms with Gasteiger partial charge in [0, 0.05) is 30.1 Å². The number of alkyl halides is 3. The number of amides is 2. The summed E-state index contributed by atoms with van der Waals surface area (Å²) in [6.45, 7) is -1.41. The highest BCUT2D eigenvalue weighted by molar-refractivity contribution is 5.90. The van der Waals surface area contributed by atoms with Gasteiger partial charge in [-0.2, -0.15) is 13.2 Å². The van der Waals surface area contributed by atoms with Gasteiger partial charge in [-0.15, -0.1) is 10.2 Å². The van der Waals surface area contributed by atoms with Crippen LogP contribution in [0.2, 0.25) is 0 Å². The van der Waals surface area contributed by atoms with Gasteiger partial charge < -0.3 is 16.0 Å². The lowest BCUT2D eigenvalue weighted by atomic mass is 10.1. The van der Waals surface area contributed by atoms with Crippen LogP contribution in [0.15, 0.2) is 60.9 Å². The second kappa shape index (κ2) is 8.53. The van der Waals surface area contributed by atoms with Crippen LogP contribution in [0.1, 0.15) is 0 Å². The van der Waals surface area contributed by atoms with Gasteiger partial charge in [-0.3, -0.25) is 4.40 Å². The van der Waals surface area contributed by atoms with Crippen LogP contribution in [0.25, 0.3) is 28.2 Å². The Hall–Kier alpha value is -4.15. The van der Waals surface area contributed by atoms with Crippen LogP contribution in [0.4, 0.5) is 29.5 Å². The van der Waals surface area contributed by atoms with E-state index in [0.717, 1.165) is 16.8 Å². The second-order valence-electron chi connectivity index (χ2n) is 6.84. The fraction of sp³-hybridized carbons (Fsp3) is 0.143. The van der Waals surface area contributed by atoms with Gasteiger partial charge in [0.2, 0.25) is 0 Å². The number of fused-ring (bicyclic) bond motifs is 1. The maximum absolute atomic E-state index is 12.3. The molecule has 0 atom stereocenters. The van der Waals surface area contributed by atoms with Crippen LogP contribution >= 0.6 is 0 Å². The van der Waals surface area contributed by atoms with Crippen molar-refractivity contribution < 1.29 is 18.0 Å². The summed E-state index contributed by atoms with van der Waals surface area (Å²) in [5.41, 5.74) is 4.07. The average Bonchev–Trinajstić information content (AvgIpc) is 3.21. The Labute approximate surface area is 180 Å². The molecule has 0 bridgehead atoms. The molecule has 0 saturated heterocycles. The van der Waals surface area contributed by atoms with Crippen molar-refractivity contribution in [2.75, 3.05) is 24.2 Å². The molecule has 0 aliphatic rings. The molecule has 0 unspecified atom stereocenters. The number of benzene rings is 1. The van der Waals surface area contributed by atoms with Crippen LogP contribution in [-0.4, -0.2) is 45.4 Å². The van der Waals surface area contributed by atoms with E-state index in [-0.39, 0.29) is 0 Å². The topological polar surface area (TPSA) is 96.2 Å². The molecule has 3 heterocycles. The van der Waals surface area contributed by atoms with Crippen LogP contribution in [0.3, 0.4) is 0 Å². The highest BCUT2D eigenvalue weighted by Crippen LogP contribution is 2.26. The maximum Gasteiger partial charge on any atom is 0.405 e. The molecule has 0 aliphatic carbocycles. The van der Waals surface area contributed by atoms with Gasteiger partial charge in [0.1, 0.15) is 18.0 Å². The molecule has 0 aliphatic heterocycles. The van der Waals surface area contributed by atoms with Crippen molar-refractivity contribution in [2.45, 2.75) is 6.18 Å². The van der Waals surface area contributed by atoms with E-state index < -0.39 is 18.8 Å². The Balaban J connectivity index is 1.56. The average molecular weight is 441 g/mol. The van der Waals surface area contributed by atoms with Crippen molar-refractivity contribution in [3.63, 3.8) is 0 Å². The van der Waals surface area contributed by atoms with Crippen molar-refractivity contribution >= 4 is 23.2 Å². The van der Waals surface area contributed by atoms with Crippen LogP contribution < -0.4 is 16.0 Å². The number of carbonyl (C=O) groups is 1. The molecule has 0 spiro atoms. The summed E-state index contributed by atoms with van der Waals surface area (Å²) in [5.74, 6) is 0.665. The number of pyridine rings is 1. The smallest absolute Gasteiger partial charge is 0.372 e. The Morgan fingerprint density at radius 1 is 1.06 bits per heavy atom. The third-order valence-corrected chi connectivity index (χ3v) is 4.60. The number of imidazole rings is 1. The predicted molar refractivity (Wildman–Crippen MR) is 114 cm³/mol. The number of hydrogen-bond acceptors (Lipinski definition) is 5. The Morgan fingerprint density at radius 2 is 1.91 bits per heavy atom. The molecule has 8 nitrogen and oxygen atoms in total. The zero-order chi connectivity index (χ0) is 22.7. The summed E-state index contributed by atoms with van der Waals surface area (Å²) >= 11 is 0. The van der Waals surface area contributed by atoms with E-state index in [1.54, 1.807) is 36.8 Å². The summed E-state index contributed by atoms with van der Waals surface area (Å²) in [7, 11) is 1.77. The number of urea groups is 1.